The smallest absolute Gasteiger partial charge is 0.243 e. The van der Waals surface area contributed by atoms with Crippen molar-refractivity contribution in [1.82, 2.24) is 19.9 Å². The maximum absolute atomic E-state index is 10.6. The minimum absolute atomic E-state index is 0.110. The summed E-state index contributed by atoms with van der Waals surface area (Å²) in [6, 6.07) is -0.558. The lowest BCUT2D eigenvalue weighted by molar-refractivity contribution is -0.0598. The normalized spacial score (nSPS) is 21.6. The van der Waals surface area contributed by atoms with Gasteiger partial charge in [-0.05, 0) is 19.3 Å². The Labute approximate surface area is 228 Å². The number of rotatable bonds is 13. The van der Waals surface area contributed by atoms with Gasteiger partial charge in [0.25, 0.3) is 0 Å². The third-order valence-electron chi connectivity index (χ3n) is 5.20. The van der Waals surface area contributed by atoms with Crippen LogP contribution in [0.3, 0.4) is 0 Å². The van der Waals surface area contributed by atoms with Gasteiger partial charge in [-0.3, -0.25) is 0 Å². The topological polar surface area (TPSA) is 175 Å². The number of hydrogen-bond acceptors (Lipinski definition) is 13. The van der Waals surface area contributed by atoms with Gasteiger partial charge in [0.2, 0.25) is 5.88 Å². The van der Waals surface area contributed by atoms with E-state index in [1.165, 1.54) is 23.5 Å². The number of anilines is 3. The van der Waals surface area contributed by atoms with Crippen LogP contribution in [0.5, 0.6) is 5.88 Å². The molecule has 0 radical (unpaired) electrons. The van der Waals surface area contributed by atoms with Crippen LogP contribution < -0.4 is 21.5 Å². The van der Waals surface area contributed by atoms with E-state index in [2.05, 4.69) is 32.2 Å². The fraction of sp³-hybridized carbons (Fsp3) is 0.619. The number of nitrogen functional groups attached to an aromatic ring is 2. The lowest BCUT2D eigenvalue weighted by atomic mass is 10.2. The van der Waals surface area contributed by atoms with Crippen molar-refractivity contribution in [1.29, 1.82) is 0 Å². The molecule has 4 atom stereocenters. The zero-order valence-corrected chi connectivity index (χ0v) is 23.1. The second-order valence-corrected chi connectivity index (χ2v) is 10.8. The number of nitrogens with two attached hydrogens (primary N) is 2. The molecular formula is C21H31Cl2N7O4S2. The molecular weight excluding hydrogens is 549 g/mol. The molecule has 0 amide bonds. The Kier molecular flexibility index (Phi) is 11.2. The van der Waals surface area contributed by atoms with E-state index in [-0.39, 0.29) is 40.8 Å². The van der Waals surface area contributed by atoms with Gasteiger partial charge in [-0.2, -0.15) is 4.98 Å². The summed E-state index contributed by atoms with van der Waals surface area (Å²) in [5.74, 6) is 2.15. The molecule has 1 saturated carbocycles. The van der Waals surface area contributed by atoms with E-state index in [0.717, 1.165) is 24.3 Å². The Bertz CT molecular complexity index is 1030. The summed E-state index contributed by atoms with van der Waals surface area (Å²) in [4.78, 5) is 17.0. The first-order valence-electron chi connectivity index (χ1n) is 11.5. The third kappa shape index (κ3) is 7.53. The fourth-order valence-corrected chi connectivity index (χ4v) is 5.19. The monoisotopic (exact) mass is 579 g/mol. The van der Waals surface area contributed by atoms with Crippen molar-refractivity contribution < 1.29 is 19.7 Å². The number of aromatic nitrogens is 4. The molecule has 2 aromatic rings. The molecule has 2 heterocycles. The highest BCUT2D eigenvalue weighted by Crippen LogP contribution is 2.32. The second-order valence-electron chi connectivity index (χ2n) is 8.00. The molecule has 1 aliphatic rings. The molecule has 0 saturated heterocycles. The van der Waals surface area contributed by atoms with E-state index >= 15 is 0 Å². The Morgan fingerprint density at radius 3 is 2.17 bits per heavy atom. The third-order valence-corrected chi connectivity index (χ3v) is 7.88. The van der Waals surface area contributed by atoms with E-state index in [1.807, 2.05) is 6.92 Å². The number of aliphatic hydroxyl groups is 2. The minimum Gasteiger partial charge on any atom is -0.474 e. The molecule has 11 nitrogen and oxygen atoms in total. The number of ether oxygens (including phenoxy) is 2. The van der Waals surface area contributed by atoms with Crippen LogP contribution in [-0.2, 0) is 4.74 Å². The van der Waals surface area contributed by atoms with Crippen molar-refractivity contribution in [2.75, 3.05) is 41.5 Å². The molecule has 7 N–H and O–H groups in total. The summed E-state index contributed by atoms with van der Waals surface area (Å²) >= 11 is 15.2. The lowest BCUT2D eigenvalue weighted by Gasteiger charge is -2.19. The summed E-state index contributed by atoms with van der Waals surface area (Å²) < 4.78 is 11.4. The second kappa shape index (κ2) is 13.9. The van der Waals surface area contributed by atoms with Crippen molar-refractivity contribution >= 4 is 63.9 Å². The van der Waals surface area contributed by atoms with E-state index in [0.29, 0.717) is 22.6 Å². The summed E-state index contributed by atoms with van der Waals surface area (Å²) in [5, 5.41) is 25.4. The Morgan fingerprint density at radius 1 is 0.917 bits per heavy atom. The minimum atomic E-state index is -1.12. The van der Waals surface area contributed by atoms with Crippen LogP contribution in [0.1, 0.15) is 33.1 Å². The van der Waals surface area contributed by atoms with E-state index in [1.54, 1.807) is 0 Å². The van der Waals surface area contributed by atoms with Gasteiger partial charge < -0.3 is 36.5 Å². The number of halogens is 2. The maximum Gasteiger partial charge on any atom is 0.243 e. The van der Waals surface area contributed by atoms with Crippen molar-refractivity contribution in [3.05, 3.63) is 10.3 Å². The summed E-state index contributed by atoms with van der Waals surface area (Å²) in [6.07, 6.45) is -0.654. The molecule has 36 heavy (non-hydrogen) atoms. The lowest BCUT2D eigenvalue weighted by Crippen LogP contribution is -2.37. The largest absolute Gasteiger partial charge is 0.474 e. The van der Waals surface area contributed by atoms with Crippen molar-refractivity contribution in [3.8, 4) is 5.88 Å². The van der Waals surface area contributed by atoms with Crippen molar-refractivity contribution in [2.24, 2.45) is 0 Å². The maximum atomic E-state index is 10.6. The Balaban J connectivity index is 1.55. The first kappa shape index (κ1) is 29.1. The van der Waals surface area contributed by atoms with Crippen LogP contribution in [0.25, 0.3) is 0 Å². The Morgan fingerprint density at radius 2 is 1.53 bits per heavy atom. The number of nitrogens with zero attached hydrogens (tertiary/aromatic N) is 4. The van der Waals surface area contributed by atoms with Gasteiger partial charge >= 0.3 is 0 Å². The van der Waals surface area contributed by atoms with Crippen molar-refractivity contribution in [3.63, 3.8) is 0 Å². The first-order chi connectivity index (χ1) is 17.2. The molecule has 0 spiro atoms. The molecule has 0 bridgehead atoms. The van der Waals surface area contributed by atoms with Gasteiger partial charge in [0, 0.05) is 11.5 Å². The molecule has 0 unspecified atom stereocenters. The van der Waals surface area contributed by atoms with Crippen molar-refractivity contribution in [2.45, 2.75) is 67.8 Å². The summed E-state index contributed by atoms with van der Waals surface area (Å²) in [5.41, 5.74) is 12.3. The summed E-state index contributed by atoms with van der Waals surface area (Å²) in [6.45, 7) is 4.34. The van der Waals surface area contributed by atoms with Gasteiger partial charge in [0.15, 0.2) is 26.4 Å². The highest BCUT2D eigenvalue weighted by atomic mass is 35.5. The predicted octanol–water partition coefficient (Wildman–Crippen LogP) is 3.11. The highest BCUT2D eigenvalue weighted by Gasteiger charge is 2.42. The van der Waals surface area contributed by atoms with Crippen LogP contribution in [0.4, 0.5) is 17.2 Å². The highest BCUT2D eigenvalue weighted by molar-refractivity contribution is 7.99. The predicted molar refractivity (Wildman–Crippen MR) is 144 cm³/mol. The molecule has 0 aromatic carbocycles. The van der Waals surface area contributed by atoms with Gasteiger partial charge in [-0.15, -0.1) is 0 Å². The molecule has 200 valence electrons. The SMILES string of the molecule is CCCSc1nc(Cl)c(N)c(N[C@@H]2C[C@H](OCCOc3nc(SCCC)nc(Cl)c3N)[C@@H](O)[C@H]2O)n1. The Hall–Kier alpha value is -1.48. The first-order valence-corrected chi connectivity index (χ1v) is 14.3. The molecule has 15 heteroatoms. The van der Waals surface area contributed by atoms with Crippen LogP contribution >= 0.6 is 46.7 Å². The fourth-order valence-electron chi connectivity index (χ4n) is 3.37. The molecule has 3 rings (SSSR count). The molecule has 1 aliphatic carbocycles. The van der Waals surface area contributed by atoms with Gasteiger partial charge in [-0.25, -0.2) is 15.0 Å². The molecule has 2 aromatic heterocycles. The standard InChI is InChI=1S/C21H31Cl2N7O4S2/c1-3-7-35-20-27-16(22)12(24)18(29-20)26-10-9-11(15(32)14(10)31)33-5-6-34-19-13(25)17(23)28-21(30-19)36-8-4-2/h10-11,14-15,31-32H,3-9,24-25H2,1-2H3,(H,26,27,29)/t10-,11+,14+,15-/m1/s1. The number of hydrogen-bond donors (Lipinski definition) is 5. The van der Waals surface area contributed by atoms with E-state index < -0.39 is 24.4 Å². The van der Waals surface area contributed by atoms with Gasteiger partial charge in [0.1, 0.15) is 30.2 Å². The van der Waals surface area contributed by atoms with Gasteiger partial charge in [0.05, 0.1) is 18.8 Å². The molecule has 1 fully saturated rings. The quantitative estimate of drug-likeness (QED) is 0.101. The average molecular weight is 581 g/mol. The number of thioether (sulfide) groups is 2. The molecule has 0 aliphatic heterocycles. The van der Waals surface area contributed by atoms with Crippen LogP contribution in [0.15, 0.2) is 10.3 Å². The number of aliphatic hydroxyl groups excluding tert-OH is 2. The van der Waals surface area contributed by atoms with E-state index in [4.69, 9.17) is 44.1 Å². The number of nitrogens with one attached hydrogen (secondary N) is 1. The zero-order chi connectivity index (χ0) is 26.2. The van der Waals surface area contributed by atoms with Crippen LogP contribution in [0.2, 0.25) is 10.3 Å². The zero-order valence-electron chi connectivity index (χ0n) is 20.0. The average Bonchev–Trinajstić information content (AvgIpc) is 3.12. The summed E-state index contributed by atoms with van der Waals surface area (Å²) in [7, 11) is 0. The van der Waals surface area contributed by atoms with Crippen LogP contribution in [0, 0.1) is 0 Å². The van der Waals surface area contributed by atoms with Crippen LogP contribution in [-0.4, -0.2) is 79.2 Å². The van der Waals surface area contributed by atoms with Gasteiger partial charge in [-0.1, -0.05) is 60.6 Å². The van der Waals surface area contributed by atoms with E-state index in [9.17, 15) is 10.2 Å².